The Morgan fingerprint density at radius 1 is 1.48 bits per heavy atom. The molecule has 1 atom stereocenters. The Kier molecular flexibility index (Phi) is 5.08. The molecule has 1 fully saturated rings. The fraction of sp³-hybridized carbons (Fsp3) is 0.571. The van der Waals surface area contributed by atoms with Gasteiger partial charge in [-0.25, -0.2) is 13.1 Å². The Bertz CT molecular complexity index is 589. The molecule has 1 saturated heterocycles. The van der Waals surface area contributed by atoms with Crippen LogP contribution in [0.5, 0.6) is 0 Å². The summed E-state index contributed by atoms with van der Waals surface area (Å²) in [6.45, 7) is 1.14. The van der Waals surface area contributed by atoms with Crippen LogP contribution >= 0.6 is 0 Å². The van der Waals surface area contributed by atoms with Crippen molar-refractivity contribution in [2.75, 3.05) is 30.8 Å². The van der Waals surface area contributed by atoms with Crippen LogP contribution in [0, 0.1) is 0 Å². The number of nitrogens with two attached hydrogens (primary N) is 1. The van der Waals surface area contributed by atoms with E-state index in [1.54, 1.807) is 18.2 Å². The number of aliphatic hydroxyl groups is 1. The van der Waals surface area contributed by atoms with Crippen molar-refractivity contribution in [1.29, 1.82) is 0 Å². The number of nitrogen functional groups attached to an aromatic ring is 1. The zero-order chi connectivity index (χ0) is 15.5. The maximum atomic E-state index is 11.8. The lowest BCUT2D eigenvalue weighted by Gasteiger charge is -2.27. The van der Waals surface area contributed by atoms with Gasteiger partial charge in [0, 0.05) is 24.9 Å². The molecule has 4 N–H and O–H groups in total. The number of rotatable bonds is 6. The molecule has 6 nitrogen and oxygen atoms in total. The number of hydrogen-bond acceptors (Lipinski definition) is 5. The van der Waals surface area contributed by atoms with Crippen LogP contribution in [-0.2, 0) is 10.0 Å². The van der Waals surface area contributed by atoms with Crippen molar-refractivity contribution in [1.82, 2.24) is 4.72 Å². The van der Waals surface area contributed by atoms with Gasteiger partial charge in [0.25, 0.3) is 0 Å². The molecular weight excluding hydrogens is 290 g/mol. The Morgan fingerprint density at radius 3 is 2.86 bits per heavy atom. The second kappa shape index (κ2) is 6.64. The summed E-state index contributed by atoms with van der Waals surface area (Å²) in [4.78, 5) is 2.36. The highest BCUT2D eigenvalue weighted by molar-refractivity contribution is 7.89. The summed E-state index contributed by atoms with van der Waals surface area (Å²) >= 11 is 0. The van der Waals surface area contributed by atoms with E-state index in [-0.39, 0.29) is 17.2 Å². The van der Waals surface area contributed by atoms with Crippen LogP contribution in [0.15, 0.2) is 23.1 Å². The minimum Gasteiger partial charge on any atom is -0.398 e. The van der Waals surface area contributed by atoms with E-state index in [2.05, 4.69) is 9.62 Å². The van der Waals surface area contributed by atoms with Crippen molar-refractivity contribution < 1.29 is 13.5 Å². The van der Waals surface area contributed by atoms with Gasteiger partial charge in [-0.1, -0.05) is 0 Å². The minimum atomic E-state index is -3.52. The maximum absolute atomic E-state index is 11.8. The number of benzene rings is 1. The first-order valence-corrected chi connectivity index (χ1v) is 8.68. The molecule has 1 aliphatic heterocycles. The molecule has 0 bridgehead atoms. The first kappa shape index (κ1) is 16.1. The highest BCUT2D eigenvalue weighted by atomic mass is 32.2. The lowest BCUT2D eigenvalue weighted by molar-refractivity contribution is 0.279. The van der Waals surface area contributed by atoms with Crippen molar-refractivity contribution >= 4 is 21.4 Å². The molecule has 1 heterocycles. The lowest BCUT2D eigenvalue weighted by atomic mass is 10.1. The summed E-state index contributed by atoms with van der Waals surface area (Å²) in [7, 11) is -2.15. The van der Waals surface area contributed by atoms with Crippen LogP contribution < -0.4 is 15.4 Å². The Balaban J connectivity index is 2.23. The second-order valence-electron chi connectivity index (χ2n) is 5.28. The zero-order valence-electron chi connectivity index (χ0n) is 12.2. The average molecular weight is 313 g/mol. The molecule has 1 aromatic rings. The van der Waals surface area contributed by atoms with E-state index in [0.717, 1.165) is 37.9 Å². The summed E-state index contributed by atoms with van der Waals surface area (Å²) in [5.74, 6) is 0. The van der Waals surface area contributed by atoms with Crippen LogP contribution in [0.2, 0.25) is 0 Å². The van der Waals surface area contributed by atoms with Crippen LogP contribution in [0.4, 0.5) is 11.4 Å². The molecule has 21 heavy (non-hydrogen) atoms. The Hall–Kier alpha value is -1.31. The van der Waals surface area contributed by atoms with Gasteiger partial charge in [0.2, 0.25) is 10.0 Å². The van der Waals surface area contributed by atoms with E-state index in [9.17, 15) is 8.42 Å². The quantitative estimate of drug-likeness (QED) is 0.679. The number of nitrogens with one attached hydrogen (secondary N) is 1. The third kappa shape index (κ3) is 3.48. The number of hydrogen-bond donors (Lipinski definition) is 3. The van der Waals surface area contributed by atoms with E-state index >= 15 is 0 Å². The van der Waals surface area contributed by atoms with Gasteiger partial charge >= 0.3 is 0 Å². The van der Waals surface area contributed by atoms with Gasteiger partial charge in [0.15, 0.2) is 0 Å². The monoisotopic (exact) mass is 313 g/mol. The zero-order valence-corrected chi connectivity index (χ0v) is 13.1. The molecule has 0 radical (unpaired) electrons. The number of sulfonamides is 1. The third-order valence-electron chi connectivity index (χ3n) is 3.96. The van der Waals surface area contributed by atoms with Crippen LogP contribution in [-0.4, -0.2) is 39.8 Å². The molecule has 1 aliphatic rings. The molecule has 0 aromatic heterocycles. The van der Waals surface area contributed by atoms with Crippen molar-refractivity contribution in [3.05, 3.63) is 18.2 Å². The van der Waals surface area contributed by atoms with Gasteiger partial charge in [0.05, 0.1) is 5.69 Å². The largest absolute Gasteiger partial charge is 0.398 e. The molecule has 0 aliphatic carbocycles. The molecule has 0 saturated carbocycles. The van der Waals surface area contributed by atoms with Crippen molar-refractivity contribution in [2.45, 2.75) is 36.6 Å². The molecule has 0 amide bonds. The number of anilines is 2. The van der Waals surface area contributed by atoms with Crippen LogP contribution in [0.25, 0.3) is 0 Å². The van der Waals surface area contributed by atoms with E-state index in [1.165, 1.54) is 7.05 Å². The van der Waals surface area contributed by atoms with Gasteiger partial charge in [-0.3, -0.25) is 0 Å². The molecule has 1 aromatic carbocycles. The summed E-state index contributed by atoms with van der Waals surface area (Å²) < 4.78 is 25.9. The van der Waals surface area contributed by atoms with Gasteiger partial charge in [-0.15, -0.1) is 0 Å². The van der Waals surface area contributed by atoms with Gasteiger partial charge in [0.1, 0.15) is 4.90 Å². The highest BCUT2D eigenvalue weighted by Crippen LogP contribution is 2.31. The summed E-state index contributed by atoms with van der Waals surface area (Å²) in [5, 5.41) is 8.97. The van der Waals surface area contributed by atoms with Crippen molar-refractivity contribution in [3.63, 3.8) is 0 Å². The van der Waals surface area contributed by atoms with Crippen molar-refractivity contribution in [2.24, 2.45) is 0 Å². The SMILES string of the molecule is CNS(=O)(=O)c1ccc(N2CCCC2CCCO)cc1N. The van der Waals surface area contributed by atoms with Crippen LogP contribution in [0.3, 0.4) is 0 Å². The molecular formula is C14H23N3O3S. The Morgan fingerprint density at radius 2 is 2.24 bits per heavy atom. The highest BCUT2D eigenvalue weighted by Gasteiger charge is 2.25. The van der Waals surface area contributed by atoms with Gasteiger partial charge in [-0.05, 0) is 50.9 Å². The standard InChI is InChI=1S/C14H23N3O3S/c1-16-21(19,20)14-7-6-12(10-13(14)15)17-8-2-4-11(17)5-3-9-18/h6-7,10-11,16,18H,2-5,8-9,15H2,1H3. The predicted molar refractivity (Wildman–Crippen MR) is 83.8 cm³/mol. The Labute approximate surface area is 126 Å². The molecule has 7 heteroatoms. The topological polar surface area (TPSA) is 95.7 Å². The van der Waals surface area contributed by atoms with E-state index < -0.39 is 10.0 Å². The predicted octanol–water partition coefficient (Wildman–Crippen LogP) is 0.918. The summed E-state index contributed by atoms with van der Waals surface area (Å²) in [5.41, 5.74) is 7.12. The first-order chi connectivity index (χ1) is 9.99. The maximum Gasteiger partial charge on any atom is 0.242 e. The van der Waals surface area contributed by atoms with Gasteiger partial charge in [-0.2, -0.15) is 0 Å². The van der Waals surface area contributed by atoms with Crippen molar-refractivity contribution in [3.8, 4) is 0 Å². The number of nitrogens with zero attached hydrogens (tertiary/aromatic N) is 1. The number of aliphatic hydroxyl groups excluding tert-OH is 1. The smallest absolute Gasteiger partial charge is 0.242 e. The summed E-state index contributed by atoms with van der Waals surface area (Å²) in [6.07, 6.45) is 3.92. The molecule has 1 unspecified atom stereocenters. The van der Waals surface area contributed by atoms with E-state index in [4.69, 9.17) is 10.8 Å². The normalized spacial score (nSPS) is 19.1. The molecule has 0 spiro atoms. The average Bonchev–Trinajstić information content (AvgIpc) is 2.93. The fourth-order valence-electron chi connectivity index (χ4n) is 2.87. The van der Waals surface area contributed by atoms with Crippen LogP contribution in [0.1, 0.15) is 25.7 Å². The minimum absolute atomic E-state index is 0.111. The van der Waals surface area contributed by atoms with E-state index in [0.29, 0.717) is 6.04 Å². The lowest BCUT2D eigenvalue weighted by Crippen LogP contribution is -2.29. The second-order valence-corrected chi connectivity index (χ2v) is 7.14. The summed E-state index contributed by atoms with van der Waals surface area (Å²) in [6, 6.07) is 5.47. The molecule has 2 rings (SSSR count). The fourth-order valence-corrected chi connectivity index (χ4v) is 3.71. The molecule has 118 valence electrons. The third-order valence-corrected chi connectivity index (χ3v) is 5.44. The first-order valence-electron chi connectivity index (χ1n) is 7.20. The van der Waals surface area contributed by atoms with Gasteiger partial charge < -0.3 is 15.7 Å². The van der Waals surface area contributed by atoms with E-state index in [1.807, 2.05) is 0 Å².